The van der Waals surface area contributed by atoms with Crippen molar-refractivity contribution in [1.29, 1.82) is 0 Å². The van der Waals surface area contributed by atoms with E-state index in [4.69, 9.17) is 35.6 Å². The van der Waals surface area contributed by atoms with Gasteiger partial charge in [-0.2, -0.15) is 10.2 Å². The van der Waals surface area contributed by atoms with Gasteiger partial charge in [-0.15, -0.1) is 0 Å². The molecule has 5 N–H and O–H groups in total. The molecule has 0 saturated heterocycles. The fraction of sp³-hybridized carbons (Fsp3) is 0.400. The summed E-state index contributed by atoms with van der Waals surface area (Å²) in [6.45, 7) is 9.73. The van der Waals surface area contributed by atoms with E-state index in [9.17, 15) is 19.2 Å². The first-order chi connectivity index (χ1) is 28.3. The van der Waals surface area contributed by atoms with Crippen molar-refractivity contribution in [3.05, 3.63) is 70.3 Å². The molecule has 5 heterocycles. The van der Waals surface area contributed by atoms with Gasteiger partial charge in [0, 0.05) is 57.9 Å². The van der Waals surface area contributed by atoms with Crippen molar-refractivity contribution in [3.8, 4) is 11.5 Å². The lowest BCUT2D eigenvalue weighted by atomic mass is 10.1. The number of hydrogen-bond donors (Lipinski definition) is 3. The molecule has 0 saturated carbocycles. The molecule has 0 bridgehead atoms. The number of nitrogens with zero attached hydrogens (tertiary/aromatic N) is 9. The number of imidazole rings is 2. The average Bonchev–Trinajstić information content (AvgIpc) is 3.99. The van der Waals surface area contributed by atoms with Gasteiger partial charge in [0.25, 0.3) is 11.8 Å². The number of ether oxygens (including phenoxy) is 3. The van der Waals surface area contributed by atoms with Gasteiger partial charge in [-0.1, -0.05) is 0 Å². The number of amides is 4. The van der Waals surface area contributed by atoms with Crippen molar-refractivity contribution in [3.63, 3.8) is 0 Å². The lowest BCUT2D eigenvalue weighted by molar-refractivity contribution is 0.0976. The first-order valence-corrected chi connectivity index (χ1v) is 19.5. The number of rotatable bonds is 17. The molecule has 4 aromatic heterocycles. The summed E-state index contributed by atoms with van der Waals surface area (Å²) < 4.78 is 24.8. The third-order valence-electron chi connectivity index (χ3n) is 10.3. The van der Waals surface area contributed by atoms with E-state index >= 15 is 0 Å². The number of carbonyl (C=O) groups is 4. The number of anilines is 2. The van der Waals surface area contributed by atoms with Crippen LogP contribution in [0, 0.1) is 13.8 Å². The van der Waals surface area contributed by atoms with Crippen LogP contribution < -0.4 is 31.2 Å². The number of benzene rings is 2. The van der Waals surface area contributed by atoms with Crippen LogP contribution >= 0.6 is 0 Å². The highest BCUT2D eigenvalue weighted by atomic mass is 16.5. The zero-order chi connectivity index (χ0) is 42.1. The van der Waals surface area contributed by atoms with E-state index in [1.165, 1.54) is 4.90 Å². The molecule has 7 rings (SSSR count). The summed E-state index contributed by atoms with van der Waals surface area (Å²) in [5.41, 5.74) is 16.0. The number of aryl methyl sites for hydroxylation is 5. The molecule has 6 aromatic rings. The van der Waals surface area contributed by atoms with E-state index in [0.717, 1.165) is 0 Å². The second kappa shape index (κ2) is 16.6. The van der Waals surface area contributed by atoms with E-state index in [-0.39, 0.29) is 42.2 Å². The van der Waals surface area contributed by atoms with Gasteiger partial charge in [0.05, 0.1) is 35.1 Å². The lowest BCUT2D eigenvalue weighted by Crippen LogP contribution is -2.31. The molecule has 1 aliphatic rings. The Morgan fingerprint density at radius 1 is 0.864 bits per heavy atom. The second-order valence-electron chi connectivity index (χ2n) is 14.4. The predicted molar refractivity (Wildman–Crippen MR) is 218 cm³/mol. The topological polar surface area (TPSA) is 235 Å². The van der Waals surface area contributed by atoms with Crippen LogP contribution in [0.4, 0.5) is 11.9 Å². The molecule has 4 amide bonds. The molecule has 0 unspecified atom stereocenters. The van der Waals surface area contributed by atoms with Crippen LogP contribution in [0.1, 0.15) is 92.2 Å². The number of nitrogens with two attached hydrogens (primary N) is 2. The number of nitrogens with one attached hydrogen (secondary N) is 1. The first kappa shape index (κ1) is 40.4. The molecule has 0 fully saturated rings. The Morgan fingerprint density at radius 2 is 1.51 bits per heavy atom. The normalized spacial score (nSPS) is 13.5. The molecule has 0 aliphatic carbocycles. The van der Waals surface area contributed by atoms with Gasteiger partial charge in [0.1, 0.15) is 40.5 Å². The average molecular weight is 809 g/mol. The van der Waals surface area contributed by atoms with E-state index in [1.54, 1.807) is 59.9 Å². The molecule has 310 valence electrons. The molecule has 19 heteroatoms. The van der Waals surface area contributed by atoms with Gasteiger partial charge in [0.15, 0.2) is 0 Å². The molecular formula is C40H48N12O7. The molecular weight excluding hydrogens is 761 g/mol. The lowest BCUT2D eigenvalue weighted by Gasteiger charge is -2.28. The highest BCUT2D eigenvalue weighted by molar-refractivity contribution is 6.06. The summed E-state index contributed by atoms with van der Waals surface area (Å²) in [7, 11) is 3.25. The fourth-order valence-corrected chi connectivity index (χ4v) is 7.53. The number of fused-ring (bicyclic) bond motifs is 1. The molecule has 59 heavy (non-hydrogen) atoms. The minimum atomic E-state index is -0.652. The Hall–Kier alpha value is -6.76. The first-order valence-electron chi connectivity index (χ1n) is 19.5. The largest absolute Gasteiger partial charge is 0.491 e. The Kier molecular flexibility index (Phi) is 11.4. The molecule has 1 atom stereocenters. The van der Waals surface area contributed by atoms with Crippen molar-refractivity contribution in [2.45, 2.75) is 72.6 Å². The summed E-state index contributed by atoms with van der Waals surface area (Å²) in [5.74, 6) is -0.616. The zero-order valence-electron chi connectivity index (χ0n) is 33.9. The van der Waals surface area contributed by atoms with Crippen LogP contribution in [0.2, 0.25) is 0 Å². The Morgan fingerprint density at radius 3 is 2.17 bits per heavy atom. The van der Waals surface area contributed by atoms with E-state index in [0.29, 0.717) is 108 Å². The van der Waals surface area contributed by atoms with E-state index in [2.05, 4.69) is 15.5 Å². The van der Waals surface area contributed by atoms with E-state index < -0.39 is 17.7 Å². The monoisotopic (exact) mass is 808 g/mol. The van der Waals surface area contributed by atoms with Gasteiger partial charge in [-0.3, -0.25) is 38.8 Å². The number of methoxy groups -OCH3 is 1. The van der Waals surface area contributed by atoms with Gasteiger partial charge < -0.3 is 34.8 Å². The highest BCUT2D eigenvalue weighted by Crippen LogP contribution is 2.39. The minimum absolute atomic E-state index is 0.196. The standard InChI is InChI=1S/C40H48N12O7/c1-7-50-29(15-22(3)46-50)37(55)45-39-43-28-18-25(36(42)54)20-32-34(28)52(39)26(21-59-32)11-9-12-49-33-27(17-24(35(41)53)19-31(33)58-14-10-13-57-6)44-40(49)48(5)38(56)30-16-23(4)47-51(30)8-2/h15-20,26H,7-14,21H2,1-6H3,(H2,41,53)(H2,42,54)(H,43,45,55)/t26-/m0/s1. The zero-order valence-corrected chi connectivity index (χ0v) is 33.9. The summed E-state index contributed by atoms with van der Waals surface area (Å²) in [6, 6.07) is 9.46. The third kappa shape index (κ3) is 7.80. The smallest absolute Gasteiger partial charge is 0.278 e. The summed E-state index contributed by atoms with van der Waals surface area (Å²) in [4.78, 5) is 63.7. The maximum Gasteiger partial charge on any atom is 0.278 e. The Bertz CT molecular complexity index is 2600. The number of carbonyl (C=O) groups excluding carboxylic acids is 4. The number of aromatic nitrogens is 8. The van der Waals surface area contributed by atoms with Crippen molar-refractivity contribution >= 4 is 57.6 Å². The molecule has 0 spiro atoms. The van der Waals surface area contributed by atoms with Gasteiger partial charge in [0.2, 0.25) is 23.7 Å². The Labute approximate surface area is 339 Å². The van der Waals surface area contributed by atoms with E-state index in [1.807, 2.05) is 36.8 Å². The summed E-state index contributed by atoms with van der Waals surface area (Å²) in [6.07, 6.45) is 1.62. The van der Waals surface area contributed by atoms with Crippen molar-refractivity contribution in [2.75, 3.05) is 44.2 Å². The maximum atomic E-state index is 14.1. The number of primary amides is 2. The molecule has 19 nitrogen and oxygen atoms in total. The van der Waals surface area contributed by atoms with Gasteiger partial charge in [-0.25, -0.2) is 9.97 Å². The van der Waals surface area contributed by atoms with Gasteiger partial charge >= 0.3 is 0 Å². The third-order valence-corrected chi connectivity index (χ3v) is 10.3. The molecule has 2 aromatic carbocycles. The second-order valence-corrected chi connectivity index (χ2v) is 14.4. The Balaban J connectivity index is 1.27. The van der Waals surface area contributed by atoms with Crippen LogP contribution in [-0.4, -0.2) is 96.3 Å². The molecule has 0 radical (unpaired) electrons. The summed E-state index contributed by atoms with van der Waals surface area (Å²) in [5, 5.41) is 11.9. The number of hydrogen-bond acceptors (Lipinski definition) is 11. The quantitative estimate of drug-likeness (QED) is 0.111. The SMILES string of the molecule is CCn1nc(C)cc1C(=O)Nc1nc2cc(C(N)=O)cc3c2n1[C@@H](CCCn1c(N(C)C(=O)c2cc(C)nn2CC)nc2cc(C(N)=O)cc(OCCCOC)c21)CO3. The van der Waals surface area contributed by atoms with Crippen molar-refractivity contribution < 1.29 is 33.4 Å². The van der Waals surface area contributed by atoms with Crippen LogP contribution in [-0.2, 0) is 24.4 Å². The van der Waals surface area contributed by atoms with Crippen molar-refractivity contribution in [1.82, 2.24) is 38.7 Å². The van der Waals surface area contributed by atoms with Crippen LogP contribution in [0.25, 0.3) is 22.1 Å². The highest BCUT2D eigenvalue weighted by Gasteiger charge is 2.31. The van der Waals surface area contributed by atoms with Gasteiger partial charge in [-0.05, 0) is 76.9 Å². The van der Waals surface area contributed by atoms with Crippen LogP contribution in [0.15, 0.2) is 36.4 Å². The van der Waals surface area contributed by atoms with Crippen LogP contribution in [0.5, 0.6) is 11.5 Å². The predicted octanol–water partition coefficient (Wildman–Crippen LogP) is 3.99. The minimum Gasteiger partial charge on any atom is -0.491 e. The van der Waals surface area contributed by atoms with Crippen molar-refractivity contribution in [2.24, 2.45) is 11.5 Å². The molecule has 1 aliphatic heterocycles. The fourth-order valence-electron chi connectivity index (χ4n) is 7.53. The van der Waals surface area contributed by atoms with Crippen LogP contribution in [0.3, 0.4) is 0 Å². The summed E-state index contributed by atoms with van der Waals surface area (Å²) >= 11 is 0. The maximum absolute atomic E-state index is 14.1.